The van der Waals surface area contributed by atoms with E-state index in [0.717, 1.165) is 25.9 Å². The van der Waals surface area contributed by atoms with Crippen LogP contribution >= 0.6 is 0 Å². The van der Waals surface area contributed by atoms with Crippen molar-refractivity contribution < 1.29 is 29.3 Å². The number of carbonyl (C=O) groups is 3. The molecule has 1 atom stereocenters. The highest BCUT2D eigenvalue weighted by atomic mass is 16.6. The van der Waals surface area contributed by atoms with Gasteiger partial charge in [0.05, 0.1) is 0 Å². The Balaban J connectivity index is 0.000000433. The van der Waals surface area contributed by atoms with E-state index >= 15 is 0 Å². The zero-order chi connectivity index (χ0) is 16.4. The van der Waals surface area contributed by atoms with Gasteiger partial charge in [0, 0.05) is 32.8 Å². The van der Waals surface area contributed by atoms with Crippen molar-refractivity contribution >= 4 is 18.0 Å². The highest BCUT2D eigenvalue weighted by Gasteiger charge is 2.21. The Bertz CT molecular complexity index is 378. The largest absolute Gasteiger partial charge is 0.478 e. The Morgan fingerprint density at radius 2 is 1.71 bits per heavy atom. The average molecular weight is 302 g/mol. The molecule has 21 heavy (non-hydrogen) atoms. The van der Waals surface area contributed by atoms with Gasteiger partial charge in [-0.3, -0.25) is 0 Å². The molecule has 1 unspecified atom stereocenters. The molecule has 1 amide bonds. The lowest BCUT2D eigenvalue weighted by Gasteiger charge is -2.29. The average Bonchev–Trinajstić information content (AvgIpc) is 2.37. The SMILES string of the molecule is CN1CCCC(OC(=O)N(C)C)C1.O=C(O)/C=C/C(=O)O. The van der Waals surface area contributed by atoms with Crippen molar-refractivity contribution in [3.05, 3.63) is 12.2 Å². The number of piperidine rings is 1. The Morgan fingerprint density at radius 3 is 2.10 bits per heavy atom. The number of ether oxygens (including phenoxy) is 1. The smallest absolute Gasteiger partial charge is 0.409 e. The number of amides is 1. The Hall–Kier alpha value is -2.09. The molecule has 120 valence electrons. The standard InChI is InChI=1S/C9H18N2O2.C4H4O4/c1-10(2)9(12)13-8-5-4-6-11(3)7-8;5-3(6)1-2-4(7)8/h8H,4-7H2,1-3H3;1-2H,(H,5,6)(H,7,8)/b;2-1+. The van der Waals surface area contributed by atoms with Crippen LogP contribution in [0.5, 0.6) is 0 Å². The Labute approximate surface area is 123 Å². The molecule has 0 aromatic heterocycles. The van der Waals surface area contributed by atoms with Crippen LogP contribution in [-0.2, 0) is 14.3 Å². The van der Waals surface area contributed by atoms with Crippen molar-refractivity contribution in [2.24, 2.45) is 0 Å². The van der Waals surface area contributed by atoms with Crippen molar-refractivity contribution in [3.63, 3.8) is 0 Å². The van der Waals surface area contributed by atoms with Crippen LogP contribution in [-0.4, -0.2) is 78.4 Å². The summed E-state index contributed by atoms with van der Waals surface area (Å²) in [4.78, 5) is 34.0. The summed E-state index contributed by atoms with van der Waals surface area (Å²) >= 11 is 0. The third-order valence-electron chi connectivity index (χ3n) is 2.58. The lowest BCUT2D eigenvalue weighted by molar-refractivity contribution is -0.134. The summed E-state index contributed by atoms with van der Waals surface area (Å²) in [5, 5.41) is 15.6. The molecule has 0 aliphatic carbocycles. The Kier molecular flexibility index (Phi) is 8.79. The molecular formula is C13H22N2O6. The van der Waals surface area contributed by atoms with Gasteiger partial charge < -0.3 is 24.7 Å². The van der Waals surface area contributed by atoms with Crippen LogP contribution in [0.3, 0.4) is 0 Å². The summed E-state index contributed by atoms with van der Waals surface area (Å²) in [6.07, 6.45) is 3.06. The number of rotatable bonds is 3. The van der Waals surface area contributed by atoms with Gasteiger partial charge in [0.2, 0.25) is 0 Å². The number of carboxylic acid groups (broad SMARTS) is 2. The quantitative estimate of drug-likeness (QED) is 0.730. The molecule has 1 rings (SSSR count). The summed E-state index contributed by atoms with van der Waals surface area (Å²) in [5.74, 6) is -2.51. The predicted molar refractivity (Wildman–Crippen MR) is 75.1 cm³/mol. The normalized spacial score (nSPS) is 18.5. The van der Waals surface area contributed by atoms with E-state index < -0.39 is 11.9 Å². The topological polar surface area (TPSA) is 107 Å². The first-order valence-corrected chi connectivity index (χ1v) is 6.42. The van der Waals surface area contributed by atoms with Crippen LogP contribution in [0.25, 0.3) is 0 Å². The monoisotopic (exact) mass is 302 g/mol. The molecule has 0 bridgehead atoms. The van der Waals surface area contributed by atoms with Crippen LogP contribution in [0.4, 0.5) is 4.79 Å². The summed E-state index contributed by atoms with van der Waals surface area (Å²) in [6, 6.07) is 0. The van der Waals surface area contributed by atoms with Gasteiger partial charge in [0.1, 0.15) is 6.10 Å². The number of hydrogen-bond donors (Lipinski definition) is 2. The number of likely N-dealkylation sites (N-methyl/N-ethyl adjacent to an activating group) is 1. The van der Waals surface area contributed by atoms with Gasteiger partial charge in [-0.05, 0) is 26.4 Å². The lowest BCUT2D eigenvalue weighted by Crippen LogP contribution is -2.39. The van der Waals surface area contributed by atoms with Gasteiger partial charge in [-0.2, -0.15) is 0 Å². The maximum absolute atomic E-state index is 11.2. The number of hydrogen-bond acceptors (Lipinski definition) is 5. The first-order valence-electron chi connectivity index (χ1n) is 6.42. The van der Waals surface area contributed by atoms with E-state index in [9.17, 15) is 14.4 Å². The van der Waals surface area contributed by atoms with Crippen molar-refractivity contribution in [1.29, 1.82) is 0 Å². The molecule has 1 fully saturated rings. The van der Waals surface area contributed by atoms with Crippen LogP contribution < -0.4 is 0 Å². The maximum atomic E-state index is 11.2. The second-order valence-corrected chi connectivity index (χ2v) is 4.81. The van der Waals surface area contributed by atoms with E-state index in [0.29, 0.717) is 12.2 Å². The number of nitrogens with zero attached hydrogens (tertiary/aromatic N) is 2. The highest BCUT2D eigenvalue weighted by Crippen LogP contribution is 2.12. The molecule has 8 nitrogen and oxygen atoms in total. The molecular weight excluding hydrogens is 280 g/mol. The van der Waals surface area contributed by atoms with Gasteiger partial charge in [-0.1, -0.05) is 0 Å². The second kappa shape index (κ2) is 9.76. The molecule has 8 heteroatoms. The van der Waals surface area contributed by atoms with Crippen LogP contribution in [0.2, 0.25) is 0 Å². The number of aliphatic carboxylic acids is 2. The van der Waals surface area contributed by atoms with E-state index in [-0.39, 0.29) is 12.2 Å². The molecule has 1 saturated heterocycles. The molecule has 1 aliphatic rings. The van der Waals surface area contributed by atoms with Crippen molar-refractivity contribution in [2.45, 2.75) is 18.9 Å². The van der Waals surface area contributed by atoms with Crippen LogP contribution in [0.1, 0.15) is 12.8 Å². The fourth-order valence-electron chi connectivity index (χ4n) is 1.61. The van der Waals surface area contributed by atoms with Crippen molar-refractivity contribution in [3.8, 4) is 0 Å². The van der Waals surface area contributed by atoms with Crippen molar-refractivity contribution in [1.82, 2.24) is 9.80 Å². The molecule has 2 N–H and O–H groups in total. The minimum atomic E-state index is -1.26. The minimum Gasteiger partial charge on any atom is -0.478 e. The fraction of sp³-hybridized carbons (Fsp3) is 0.615. The van der Waals surface area contributed by atoms with Crippen molar-refractivity contribution in [2.75, 3.05) is 34.2 Å². The fourth-order valence-corrected chi connectivity index (χ4v) is 1.61. The number of likely N-dealkylation sites (tertiary alicyclic amines) is 1. The molecule has 0 aromatic rings. The molecule has 0 spiro atoms. The zero-order valence-electron chi connectivity index (χ0n) is 12.5. The minimum absolute atomic E-state index is 0.0775. The van der Waals surface area contributed by atoms with Gasteiger partial charge in [0.25, 0.3) is 0 Å². The van der Waals surface area contributed by atoms with E-state index in [2.05, 4.69) is 11.9 Å². The first-order chi connectivity index (χ1) is 9.72. The zero-order valence-corrected chi connectivity index (χ0v) is 12.5. The van der Waals surface area contributed by atoms with E-state index in [1.165, 1.54) is 4.90 Å². The molecule has 0 aromatic carbocycles. The van der Waals surface area contributed by atoms with Crippen LogP contribution in [0.15, 0.2) is 12.2 Å². The van der Waals surface area contributed by atoms with Gasteiger partial charge >= 0.3 is 18.0 Å². The van der Waals surface area contributed by atoms with E-state index in [1.807, 2.05) is 0 Å². The molecule has 0 saturated carbocycles. The lowest BCUT2D eigenvalue weighted by atomic mass is 10.1. The molecule has 0 radical (unpaired) electrons. The molecule has 1 heterocycles. The van der Waals surface area contributed by atoms with Gasteiger partial charge in [0.15, 0.2) is 0 Å². The maximum Gasteiger partial charge on any atom is 0.409 e. The number of carboxylic acids is 2. The van der Waals surface area contributed by atoms with Gasteiger partial charge in [-0.15, -0.1) is 0 Å². The summed E-state index contributed by atoms with van der Waals surface area (Å²) in [7, 11) is 5.46. The van der Waals surface area contributed by atoms with E-state index in [1.54, 1.807) is 14.1 Å². The first kappa shape index (κ1) is 18.9. The number of carbonyl (C=O) groups excluding carboxylic acids is 1. The summed E-state index contributed by atoms with van der Waals surface area (Å²) in [5.41, 5.74) is 0. The third-order valence-corrected chi connectivity index (χ3v) is 2.58. The summed E-state index contributed by atoms with van der Waals surface area (Å²) < 4.78 is 5.27. The van der Waals surface area contributed by atoms with Gasteiger partial charge in [-0.25, -0.2) is 14.4 Å². The van der Waals surface area contributed by atoms with Crippen LogP contribution in [0, 0.1) is 0 Å². The predicted octanol–water partition coefficient (Wildman–Crippen LogP) is 0.491. The third kappa shape index (κ3) is 10.4. The highest BCUT2D eigenvalue weighted by molar-refractivity contribution is 5.89. The Morgan fingerprint density at radius 1 is 1.19 bits per heavy atom. The van der Waals surface area contributed by atoms with E-state index in [4.69, 9.17) is 14.9 Å². The summed E-state index contributed by atoms with van der Waals surface area (Å²) in [6.45, 7) is 1.97. The molecule has 1 aliphatic heterocycles. The second-order valence-electron chi connectivity index (χ2n) is 4.81.